The molecule has 3 atom stereocenters. The number of fused-ring (bicyclic) bond motifs is 1. The number of carbonyl (C=O) groups is 1. The lowest BCUT2D eigenvalue weighted by Crippen LogP contribution is -2.45. The van der Waals surface area contributed by atoms with Crippen molar-refractivity contribution in [2.75, 3.05) is 39.5 Å². The Morgan fingerprint density at radius 2 is 1.86 bits per heavy atom. The van der Waals surface area contributed by atoms with Gasteiger partial charge in [0.1, 0.15) is 24.1 Å². The molecule has 0 bridgehead atoms. The smallest absolute Gasteiger partial charge is 0.315 e. The molecule has 0 spiro atoms. The Bertz CT molecular complexity index is 1160. The SMILES string of the molecule is CO[C@H](CN(C)CCNC(=O)NCc1ccc(C(C)(C)C)cc1)[C@@H](O)[C@@H](O)n1cnc2c(N)ncnc21. The van der Waals surface area contributed by atoms with E-state index in [1.807, 2.05) is 24.1 Å². The Balaban J connectivity index is 1.44. The quantitative estimate of drug-likeness (QED) is 0.251. The van der Waals surface area contributed by atoms with Crippen LogP contribution in [0.4, 0.5) is 10.6 Å². The summed E-state index contributed by atoms with van der Waals surface area (Å²) >= 11 is 0. The summed E-state index contributed by atoms with van der Waals surface area (Å²) in [5.74, 6) is 0.184. The Kier molecular flexibility index (Phi) is 9.38. The monoisotopic (exact) mass is 514 g/mol. The molecule has 37 heavy (non-hydrogen) atoms. The summed E-state index contributed by atoms with van der Waals surface area (Å²) in [4.78, 5) is 26.2. The molecule has 2 aromatic heterocycles. The zero-order valence-corrected chi connectivity index (χ0v) is 22.0. The summed E-state index contributed by atoms with van der Waals surface area (Å²) in [5.41, 5.74) is 8.80. The van der Waals surface area contributed by atoms with Crippen LogP contribution < -0.4 is 16.4 Å². The van der Waals surface area contributed by atoms with E-state index < -0.39 is 18.4 Å². The van der Waals surface area contributed by atoms with Gasteiger partial charge in [0.05, 0.1) is 6.33 Å². The standard InChI is InChI=1S/C25H38N8O4/c1-25(2,3)17-8-6-16(7-9-17)12-28-24(36)27-10-11-32(4)13-18(37-5)20(34)23(35)33-15-31-19-21(26)29-14-30-22(19)33/h6-9,14-15,18,20,23,34-35H,10-13H2,1-5H3,(H2,26,29,30)(H2,27,28,36)/t18-,20-,23-/m1/s1. The number of urea groups is 1. The number of benzene rings is 1. The number of nitrogens with two attached hydrogens (primary N) is 1. The molecule has 0 aliphatic carbocycles. The second-order valence-electron chi connectivity index (χ2n) is 10.1. The van der Waals surface area contributed by atoms with E-state index in [0.29, 0.717) is 37.3 Å². The third-order valence-electron chi connectivity index (χ3n) is 6.20. The Morgan fingerprint density at radius 3 is 2.51 bits per heavy atom. The van der Waals surface area contributed by atoms with Crippen molar-refractivity contribution in [1.29, 1.82) is 0 Å². The third-order valence-corrected chi connectivity index (χ3v) is 6.20. The maximum Gasteiger partial charge on any atom is 0.315 e. The van der Waals surface area contributed by atoms with Gasteiger partial charge in [0.25, 0.3) is 0 Å². The second-order valence-corrected chi connectivity index (χ2v) is 10.1. The fraction of sp³-hybridized carbons (Fsp3) is 0.520. The zero-order chi connectivity index (χ0) is 27.2. The first-order chi connectivity index (χ1) is 17.5. The van der Waals surface area contributed by atoms with Gasteiger partial charge in [0.15, 0.2) is 17.7 Å². The van der Waals surface area contributed by atoms with Crippen molar-refractivity contribution in [2.45, 2.75) is 51.2 Å². The number of nitrogen functional groups attached to an aromatic ring is 1. The van der Waals surface area contributed by atoms with Crippen LogP contribution in [0.15, 0.2) is 36.9 Å². The van der Waals surface area contributed by atoms with E-state index in [2.05, 4.69) is 58.5 Å². The average molecular weight is 515 g/mol. The number of likely N-dealkylation sites (N-methyl/N-ethyl adjacent to an activating group) is 1. The van der Waals surface area contributed by atoms with E-state index in [0.717, 1.165) is 5.56 Å². The van der Waals surface area contributed by atoms with Crippen LogP contribution in [0.3, 0.4) is 0 Å². The zero-order valence-electron chi connectivity index (χ0n) is 22.0. The van der Waals surface area contributed by atoms with Crippen molar-refractivity contribution >= 4 is 23.0 Å². The van der Waals surface area contributed by atoms with Gasteiger partial charge in [-0.2, -0.15) is 0 Å². The number of nitrogens with zero attached hydrogens (tertiary/aromatic N) is 5. The fourth-order valence-electron chi connectivity index (χ4n) is 3.87. The highest BCUT2D eigenvalue weighted by atomic mass is 16.5. The molecular formula is C25H38N8O4. The number of aromatic nitrogens is 4. The highest BCUT2D eigenvalue weighted by molar-refractivity contribution is 5.81. The van der Waals surface area contributed by atoms with Crippen molar-refractivity contribution in [3.8, 4) is 0 Å². The van der Waals surface area contributed by atoms with Gasteiger partial charge in [-0.15, -0.1) is 0 Å². The summed E-state index contributed by atoms with van der Waals surface area (Å²) in [6.45, 7) is 8.13. The molecule has 1 aromatic carbocycles. The molecule has 12 nitrogen and oxygen atoms in total. The molecule has 12 heteroatoms. The van der Waals surface area contributed by atoms with E-state index in [1.165, 1.54) is 29.9 Å². The minimum Gasteiger partial charge on any atom is -0.386 e. The summed E-state index contributed by atoms with van der Waals surface area (Å²) in [7, 11) is 3.29. The lowest BCUT2D eigenvalue weighted by atomic mass is 9.87. The molecule has 0 aliphatic heterocycles. The highest BCUT2D eigenvalue weighted by Crippen LogP contribution is 2.23. The Labute approximate surface area is 216 Å². The second kappa shape index (κ2) is 12.3. The van der Waals surface area contributed by atoms with Crippen LogP contribution in [-0.4, -0.2) is 86.7 Å². The number of amides is 2. The van der Waals surface area contributed by atoms with Crippen LogP contribution in [0.2, 0.25) is 0 Å². The summed E-state index contributed by atoms with van der Waals surface area (Å²) in [6, 6.07) is 7.95. The molecule has 0 radical (unpaired) electrons. The largest absolute Gasteiger partial charge is 0.386 e. The number of rotatable bonds is 11. The molecule has 0 fully saturated rings. The lowest BCUT2D eigenvalue weighted by Gasteiger charge is -2.29. The van der Waals surface area contributed by atoms with Gasteiger partial charge >= 0.3 is 6.03 Å². The van der Waals surface area contributed by atoms with Crippen LogP contribution in [0.25, 0.3) is 11.2 Å². The summed E-state index contributed by atoms with van der Waals surface area (Å²) in [6.07, 6.45) is -0.744. The number of nitrogens with one attached hydrogen (secondary N) is 2. The van der Waals surface area contributed by atoms with Gasteiger partial charge in [-0.25, -0.2) is 19.7 Å². The van der Waals surface area contributed by atoms with E-state index >= 15 is 0 Å². The van der Waals surface area contributed by atoms with Gasteiger partial charge < -0.3 is 36.2 Å². The Morgan fingerprint density at radius 1 is 1.16 bits per heavy atom. The molecule has 3 rings (SSSR count). The first kappa shape index (κ1) is 28.3. The van der Waals surface area contributed by atoms with Gasteiger partial charge in [0.2, 0.25) is 0 Å². The summed E-state index contributed by atoms with van der Waals surface area (Å²) in [5, 5.41) is 27.2. The number of aliphatic hydroxyl groups excluding tert-OH is 2. The van der Waals surface area contributed by atoms with Crippen molar-refractivity contribution in [2.24, 2.45) is 0 Å². The number of imidazole rings is 1. The molecule has 2 amide bonds. The number of hydrogen-bond donors (Lipinski definition) is 5. The van der Waals surface area contributed by atoms with Gasteiger partial charge in [0, 0.05) is 33.3 Å². The topological polar surface area (TPSA) is 164 Å². The number of hydrogen-bond acceptors (Lipinski definition) is 9. The van der Waals surface area contributed by atoms with Crippen molar-refractivity contribution in [1.82, 2.24) is 35.1 Å². The predicted octanol–water partition coefficient (Wildman–Crippen LogP) is 1.00. The minimum atomic E-state index is -1.36. The van der Waals surface area contributed by atoms with Crippen LogP contribution in [0.5, 0.6) is 0 Å². The molecule has 0 unspecified atom stereocenters. The number of methoxy groups -OCH3 is 1. The molecular weight excluding hydrogens is 476 g/mol. The maximum absolute atomic E-state index is 12.2. The van der Waals surface area contributed by atoms with Crippen molar-refractivity contribution < 1.29 is 19.7 Å². The predicted molar refractivity (Wildman–Crippen MR) is 141 cm³/mol. The molecule has 0 saturated heterocycles. The van der Waals surface area contributed by atoms with E-state index in [4.69, 9.17) is 10.5 Å². The molecule has 6 N–H and O–H groups in total. The van der Waals surface area contributed by atoms with Crippen molar-refractivity contribution in [3.05, 3.63) is 48.0 Å². The number of aliphatic hydroxyl groups is 2. The van der Waals surface area contributed by atoms with Crippen molar-refractivity contribution in [3.63, 3.8) is 0 Å². The van der Waals surface area contributed by atoms with E-state index in [9.17, 15) is 15.0 Å². The van der Waals surface area contributed by atoms with E-state index in [1.54, 1.807) is 0 Å². The van der Waals surface area contributed by atoms with Crippen LogP contribution in [-0.2, 0) is 16.7 Å². The first-order valence-corrected chi connectivity index (χ1v) is 12.1. The van der Waals surface area contributed by atoms with Gasteiger partial charge in [-0.1, -0.05) is 45.0 Å². The van der Waals surface area contributed by atoms with Crippen LogP contribution >= 0.6 is 0 Å². The van der Waals surface area contributed by atoms with E-state index in [-0.39, 0.29) is 17.3 Å². The average Bonchev–Trinajstić information content (AvgIpc) is 3.30. The summed E-state index contributed by atoms with van der Waals surface area (Å²) < 4.78 is 6.77. The third kappa shape index (κ3) is 7.35. The van der Waals surface area contributed by atoms with Crippen LogP contribution in [0.1, 0.15) is 38.1 Å². The molecule has 0 saturated carbocycles. The highest BCUT2D eigenvalue weighted by Gasteiger charge is 2.30. The number of ether oxygens (including phenoxy) is 1. The normalized spacial score (nSPS) is 14.5. The van der Waals surface area contributed by atoms with Gasteiger partial charge in [-0.3, -0.25) is 4.57 Å². The van der Waals surface area contributed by atoms with Gasteiger partial charge in [-0.05, 0) is 23.6 Å². The molecule has 0 aliphatic rings. The first-order valence-electron chi connectivity index (χ1n) is 12.1. The fourth-order valence-corrected chi connectivity index (χ4v) is 3.87. The Hall–Kier alpha value is -3.32. The molecule has 202 valence electrons. The molecule has 2 heterocycles. The number of anilines is 1. The minimum absolute atomic E-state index is 0.0860. The number of carbonyl (C=O) groups excluding carboxylic acids is 1. The maximum atomic E-state index is 12.2. The lowest BCUT2D eigenvalue weighted by molar-refractivity contribution is -0.108. The van der Waals surface area contributed by atoms with Crippen LogP contribution in [0, 0.1) is 0 Å². The molecule has 3 aromatic rings.